The van der Waals surface area contributed by atoms with Gasteiger partial charge in [-0.25, -0.2) is 4.79 Å². The fourth-order valence-corrected chi connectivity index (χ4v) is 3.90. The van der Waals surface area contributed by atoms with E-state index in [-0.39, 0.29) is 25.2 Å². The van der Waals surface area contributed by atoms with Crippen LogP contribution in [0.2, 0.25) is 0 Å². The monoisotopic (exact) mass is 331 g/mol. The minimum atomic E-state index is -1.58. The molecular formula is C18H21NO5. The lowest BCUT2D eigenvalue weighted by Crippen LogP contribution is -2.62. The van der Waals surface area contributed by atoms with Crippen molar-refractivity contribution in [2.75, 3.05) is 20.3 Å². The summed E-state index contributed by atoms with van der Waals surface area (Å²) in [6.07, 6.45) is 0.512. The number of methoxy groups -OCH3 is 1. The summed E-state index contributed by atoms with van der Waals surface area (Å²) in [5.74, 6) is -2.36. The lowest BCUT2D eigenvalue weighted by atomic mass is 9.77. The Labute approximate surface area is 140 Å². The Balaban J connectivity index is 2.17. The number of carbonyl (C=O) groups excluding carboxylic acids is 3. The third kappa shape index (κ3) is 2.33. The van der Waals surface area contributed by atoms with Gasteiger partial charge in [-0.15, -0.1) is 0 Å². The molecule has 6 heteroatoms. The summed E-state index contributed by atoms with van der Waals surface area (Å²) in [4.78, 5) is 40.0. The number of esters is 2. The van der Waals surface area contributed by atoms with E-state index < -0.39 is 23.4 Å². The maximum Gasteiger partial charge on any atom is 0.335 e. The maximum atomic E-state index is 12.9. The molecule has 6 nitrogen and oxygen atoms in total. The molecule has 2 aliphatic heterocycles. The fourth-order valence-electron chi connectivity index (χ4n) is 3.90. The zero-order chi connectivity index (χ0) is 17.3. The molecule has 0 saturated carbocycles. The molecule has 0 amide bonds. The van der Waals surface area contributed by atoms with Crippen molar-refractivity contribution in [3.63, 3.8) is 0 Å². The molecule has 0 bridgehead atoms. The van der Waals surface area contributed by atoms with E-state index >= 15 is 0 Å². The maximum absolute atomic E-state index is 12.9. The normalized spacial score (nSPS) is 26.2. The highest BCUT2D eigenvalue weighted by Gasteiger charge is 2.63. The fraction of sp³-hybridized carbons (Fsp3) is 0.500. The molecular weight excluding hydrogens is 310 g/mol. The van der Waals surface area contributed by atoms with Gasteiger partial charge in [0.15, 0.2) is 11.3 Å². The van der Waals surface area contributed by atoms with Gasteiger partial charge in [-0.3, -0.25) is 14.5 Å². The molecule has 2 atom stereocenters. The average molecular weight is 331 g/mol. The molecule has 3 rings (SSSR count). The van der Waals surface area contributed by atoms with Crippen molar-refractivity contribution in [2.24, 2.45) is 5.92 Å². The number of ketones is 1. The summed E-state index contributed by atoms with van der Waals surface area (Å²) >= 11 is 0. The second-order valence-corrected chi connectivity index (χ2v) is 6.13. The molecule has 0 N–H and O–H groups in total. The topological polar surface area (TPSA) is 72.9 Å². The Kier molecular flexibility index (Phi) is 4.41. The zero-order valence-corrected chi connectivity index (χ0v) is 13.9. The molecule has 0 unspecified atom stereocenters. The number of hydrogen-bond donors (Lipinski definition) is 0. The molecule has 0 aliphatic carbocycles. The first-order valence-corrected chi connectivity index (χ1v) is 8.15. The van der Waals surface area contributed by atoms with Crippen molar-refractivity contribution in [1.82, 2.24) is 4.90 Å². The first kappa shape index (κ1) is 16.6. The van der Waals surface area contributed by atoms with Crippen LogP contribution in [0.3, 0.4) is 0 Å². The number of ether oxygens (including phenoxy) is 2. The summed E-state index contributed by atoms with van der Waals surface area (Å²) in [6, 6.07) is 7.70. The predicted octanol–water partition coefficient (Wildman–Crippen LogP) is 1.11. The molecule has 24 heavy (non-hydrogen) atoms. The number of nitrogens with zero attached hydrogens (tertiary/aromatic N) is 1. The standard InChI is InChI=1S/C18H21NO5/c1-3-24-17(22)18-14(16(21)23-2)10-12-6-4-5-7-13(12)11-19(18)9-8-15(18)20/h4-7,14H,3,8-11H2,1-2H3/t14-,18+/m0/s1. The highest BCUT2D eigenvalue weighted by molar-refractivity contribution is 6.13. The van der Waals surface area contributed by atoms with Crippen LogP contribution in [0.15, 0.2) is 24.3 Å². The molecule has 1 fully saturated rings. The van der Waals surface area contributed by atoms with Gasteiger partial charge in [0.25, 0.3) is 0 Å². The molecule has 2 aliphatic rings. The molecule has 0 radical (unpaired) electrons. The van der Waals surface area contributed by atoms with Gasteiger partial charge in [0.1, 0.15) is 0 Å². The van der Waals surface area contributed by atoms with Gasteiger partial charge < -0.3 is 9.47 Å². The molecule has 128 valence electrons. The zero-order valence-electron chi connectivity index (χ0n) is 13.9. The van der Waals surface area contributed by atoms with Crippen LogP contribution in [0.4, 0.5) is 0 Å². The van der Waals surface area contributed by atoms with Crippen molar-refractivity contribution < 1.29 is 23.9 Å². The van der Waals surface area contributed by atoms with Crippen LogP contribution < -0.4 is 0 Å². The first-order valence-electron chi connectivity index (χ1n) is 8.15. The summed E-state index contributed by atoms with van der Waals surface area (Å²) in [5.41, 5.74) is 0.397. The van der Waals surface area contributed by atoms with E-state index in [4.69, 9.17) is 9.47 Å². The van der Waals surface area contributed by atoms with Gasteiger partial charge in [0.2, 0.25) is 0 Å². The highest BCUT2D eigenvalue weighted by atomic mass is 16.5. The molecule has 0 spiro atoms. The van der Waals surface area contributed by atoms with E-state index in [1.54, 1.807) is 11.8 Å². The van der Waals surface area contributed by atoms with Gasteiger partial charge in [0.05, 0.1) is 19.6 Å². The Bertz CT molecular complexity index is 686. The van der Waals surface area contributed by atoms with Crippen molar-refractivity contribution >= 4 is 17.7 Å². The minimum absolute atomic E-state index is 0.155. The van der Waals surface area contributed by atoms with E-state index in [0.717, 1.165) is 11.1 Å². The third-order valence-electron chi connectivity index (χ3n) is 5.01. The second kappa shape index (κ2) is 6.36. The van der Waals surface area contributed by atoms with E-state index in [2.05, 4.69) is 0 Å². The quantitative estimate of drug-likeness (QED) is 0.610. The summed E-state index contributed by atoms with van der Waals surface area (Å²) in [5, 5.41) is 0. The van der Waals surface area contributed by atoms with Gasteiger partial charge in [-0.1, -0.05) is 24.3 Å². The number of carbonyl (C=O) groups is 3. The van der Waals surface area contributed by atoms with Crippen LogP contribution in [0.5, 0.6) is 0 Å². The SMILES string of the molecule is CCOC(=O)[C@@]12C(=O)CCN1Cc1ccccc1C[C@H]2C(=O)OC. The number of benzene rings is 1. The third-order valence-corrected chi connectivity index (χ3v) is 5.01. The number of hydrogen-bond acceptors (Lipinski definition) is 6. The first-order chi connectivity index (χ1) is 11.6. The number of rotatable bonds is 3. The van der Waals surface area contributed by atoms with Crippen molar-refractivity contribution in [3.05, 3.63) is 35.4 Å². The Hall–Kier alpha value is -2.21. The van der Waals surface area contributed by atoms with E-state index in [1.807, 2.05) is 24.3 Å². The Morgan fingerprint density at radius 3 is 2.67 bits per heavy atom. The van der Waals surface area contributed by atoms with Gasteiger partial charge in [0, 0.05) is 19.5 Å². The lowest BCUT2D eigenvalue weighted by Gasteiger charge is -2.37. The van der Waals surface area contributed by atoms with E-state index in [1.165, 1.54) is 7.11 Å². The molecule has 1 aromatic carbocycles. The predicted molar refractivity (Wildman–Crippen MR) is 85.1 cm³/mol. The van der Waals surface area contributed by atoms with Crippen LogP contribution in [-0.2, 0) is 36.8 Å². The molecule has 1 saturated heterocycles. The largest absolute Gasteiger partial charge is 0.469 e. The van der Waals surface area contributed by atoms with Crippen molar-refractivity contribution in [1.29, 1.82) is 0 Å². The number of Topliss-reactive ketones (excluding diaryl/α,β-unsaturated/α-hetero) is 1. The van der Waals surface area contributed by atoms with Crippen LogP contribution in [-0.4, -0.2) is 48.4 Å². The summed E-state index contributed by atoms with van der Waals surface area (Å²) in [7, 11) is 1.28. The van der Waals surface area contributed by atoms with Gasteiger partial charge in [-0.05, 0) is 24.5 Å². The van der Waals surface area contributed by atoms with Crippen LogP contribution in [0, 0.1) is 5.92 Å². The van der Waals surface area contributed by atoms with E-state index in [9.17, 15) is 14.4 Å². The second-order valence-electron chi connectivity index (χ2n) is 6.13. The Morgan fingerprint density at radius 2 is 2.00 bits per heavy atom. The lowest BCUT2D eigenvalue weighted by molar-refractivity contribution is -0.172. The summed E-state index contributed by atoms with van der Waals surface area (Å²) in [6.45, 7) is 2.72. The average Bonchev–Trinajstić information content (AvgIpc) is 2.82. The molecule has 1 aromatic rings. The van der Waals surface area contributed by atoms with Crippen molar-refractivity contribution in [3.8, 4) is 0 Å². The van der Waals surface area contributed by atoms with Gasteiger partial charge in [-0.2, -0.15) is 0 Å². The number of fused-ring (bicyclic) bond motifs is 2. The Morgan fingerprint density at radius 1 is 1.29 bits per heavy atom. The van der Waals surface area contributed by atoms with Crippen LogP contribution in [0.1, 0.15) is 24.5 Å². The minimum Gasteiger partial charge on any atom is -0.469 e. The van der Waals surface area contributed by atoms with Crippen LogP contribution in [0.25, 0.3) is 0 Å². The van der Waals surface area contributed by atoms with Gasteiger partial charge >= 0.3 is 11.9 Å². The smallest absolute Gasteiger partial charge is 0.335 e. The van der Waals surface area contributed by atoms with E-state index in [0.29, 0.717) is 13.1 Å². The summed E-state index contributed by atoms with van der Waals surface area (Å²) < 4.78 is 10.2. The molecule has 2 heterocycles. The van der Waals surface area contributed by atoms with Crippen LogP contribution >= 0.6 is 0 Å². The highest BCUT2D eigenvalue weighted by Crippen LogP contribution is 2.41. The van der Waals surface area contributed by atoms with Crippen molar-refractivity contribution in [2.45, 2.75) is 31.8 Å². The molecule has 0 aromatic heterocycles.